The summed E-state index contributed by atoms with van der Waals surface area (Å²) in [6.07, 6.45) is 4.62. The van der Waals surface area contributed by atoms with Gasteiger partial charge in [-0.15, -0.1) is 0 Å². The lowest BCUT2D eigenvalue weighted by atomic mass is 9.97. The standard InChI is InChI=1S/C21H35IO4/c1-14(16(3)22)12-17(23)9-10-19-15(2)13-18(26-19)8-7-11-25-20(24)21(4,5)6/h14,17-19,23H,2-3,7-13H2,1,4-6H3/t14-,17+,18+,19+/m1/s1. The van der Waals surface area contributed by atoms with E-state index in [0.717, 1.165) is 41.3 Å². The third-order valence-electron chi connectivity index (χ3n) is 4.74. The van der Waals surface area contributed by atoms with Crippen molar-refractivity contribution in [2.24, 2.45) is 11.3 Å². The Morgan fingerprint density at radius 2 is 2.08 bits per heavy atom. The van der Waals surface area contributed by atoms with E-state index in [-0.39, 0.29) is 24.3 Å². The number of allylic oxidation sites excluding steroid dienone is 1. The van der Waals surface area contributed by atoms with Gasteiger partial charge in [0.15, 0.2) is 0 Å². The Labute approximate surface area is 172 Å². The van der Waals surface area contributed by atoms with E-state index in [1.165, 1.54) is 0 Å². The molecule has 4 nitrogen and oxygen atoms in total. The van der Waals surface area contributed by atoms with Crippen molar-refractivity contribution in [1.29, 1.82) is 0 Å². The van der Waals surface area contributed by atoms with Crippen molar-refractivity contribution >= 4 is 28.6 Å². The summed E-state index contributed by atoms with van der Waals surface area (Å²) in [5, 5.41) is 10.2. The van der Waals surface area contributed by atoms with Crippen LogP contribution in [0.25, 0.3) is 0 Å². The third-order valence-corrected chi connectivity index (χ3v) is 5.80. The molecule has 1 aliphatic rings. The molecular weight excluding hydrogens is 443 g/mol. The fourth-order valence-electron chi connectivity index (χ4n) is 2.93. The topological polar surface area (TPSA) is 55.8 Å². The molecule has 0 aliphatic carbocycles. The Bertz CT molecular complexity index is 495. The molecule has 0 saturated carbocycles. The maximum Gasteiger partial charge on any atom is 0.311 e. The zero-order chi connectivity index (χ0) is 19.9. The molecule has 1 rings (SSSR count). The minimum Gasteiger partial charge on any atom is -0.465 e. The number of aliphatic hydroxyl groups is 1. The van der Waals surface area contributed by atoms with E-state index < -0.39 is 5.41 Å². The molecule has 5 heteroatoms. The highest BCUT2D eigenvalue weighted by molar-refractivity contribution is 14.1. The van der Waals surface area contributed by atoms with Gasteiger partial charge in [0, 0.05) is 0 Å². The van der Waals surface area contributed by atoms with Crippen LogP contribution in [0.15, 0.2) is 22.3 Å². The molecule has 0 bridgehead atoms. The molecule has 1 fully saturated rings. The average Bonchev–Trinajstić information content (AvgIpc) is 2.88. The van der Waals surface area contributed by atoms with E-state index in [2.05, 4.69) is 42.7 Å². The molecule has 1 N–H and O–H groups in total. The molecule has 0 spiro atoms. The number of hydrogen-bond acceptors (Lipinski definition) is 4. The summed E-state index contributed by atoms with van der Waals surface area (Å²) >= 11 is 2.22. The molecule has 4 atom stereocenters. The molecule has 0 amide bonds. The largest absolute Gasteiger partial charge is 0.465 e. The highest BCUT2D eigenvalue weighted by Crippen LogP contribution is 2.31. The molecule has 0 unspecified atom stereocenters. The van der Waals surface area contributed by atoms with Crippen molar-refractivity contribution in [3.05, 3.63) is 22.3 Å². The summed E-state index contributed by atoms with van der Waals surface area (Å²) in [6.45, 7) is 16.2. The zero-order valence-electron chi connectivity index (χ0n) is 16.7. The lowest BCUT2D eigenvalue weighted by molar-refractivity contribution is -0.153. The van der Waals surface area contributed by atoms with Gasteiger partial charge in [-0.05, 0) is 97.0 Å². The number of ether oxygens (including phenoxy) is 2. The van der Waals surface area contributed by atoms with Gasteiger partial charge in [0.25, 0.3) is 0 Å². The summed E-state index contributed by atoms with van der Waals surface area (Å²) in [4.78, 5) is 11.7. The first-order valence-corrected chi connectivity index (χ1v) is 10.6. The van der Waals surface area contributed by atoms with Crippen LogP contribution in [0.4, 0.5) is 0 Å². The summed E-state index contributed by atoms with van der Waals surface area (Å²) in [5.74, 6) is 0.159. The summed E-state index contributed by atoms with van der Waals surface area (Å²) in [7, 11) is 0. The molecular formula is C21H35IO4. The van der Waals surface area contributed by atoms with Crippen LogP contribution in [0.1, 0.15) is 66.2 Å². The van der Waals surface area contributed by atoms with Crippen molar-refractivity contribution in [1.82, 2.24) is 0 Å². The highest BCUT2D eigenvalue weighted by atomic mass is 127. The Morgan fingerprint density at radius 3 is 2.65 bits per heavy atom. The summed E-state index contributed by atoms with van der Waals surface area (Å²) in [6, 6.07) is 0. The van der Waals surface area contributed by atoms with Gasteiger partial charge in [-0.2, -0.15) is 0 Å². The third kappa shape index (κ3) is 8.53. The second kappa shape index (κ2) is 10.8. The quantitative estimate of drug-likeness (QED) is 0.203. The van der Waals surface area contributed by atoms with Gasteiger partial charge in [0.1, 0.15) is 0 Å². The molecule has 150 valence electrons. The van der Waals surface area contributed by atoms with Crippen LogP contribution in [0.3, 0.4) is 0 Å². The number of hydrogen-bond donors (Lipinski definition) is 1. The molecule has 0 aromatic rings. The van der Waals surface area contributed by atoms with Crippen LogP contribution in [0, 0.1) is 11.3 Å². The number of aliphatic hydroxyl groups excluding tert-OH is 1. The first kappa shape index (κ1) is 23.6. The number of esters is 1. The molecule has 1 aliphatic heterocycles. The Hall–Kier alpha value is -0.400. The maximum absolute atomic E-state index is 11.7. The second-order valence-corrected chi connectivity index (χ2v) is 9.84. The smallest absolute Gasteiger partial charge is 0.311 e. The summed E-state index contributed by atoms with van der Waals surface area (Å²) in [5.41, 5.74) is 0.658. The van der Waals surface area contributed by atoms with Crippen molar-refractivity contribution in [3.8, 4) is 0 Å². The van der Waals surface area contributed by atoms with Gasteiger partial charge in [0.2, 0.25) is 0 Å². The predicted octanol–water partition coefficient (Wildman–Crippen LogP) is 5.19. The van der Waals surface area contributed by atoms with Gasteiger partial charge in [-0.3, -0.25) is 4.79 Å². The molecule has 1 heterocycles. The Balaban J connectivity index is 2.25. The van der Waals surface area contributed by atoms with Crippen LogP contribution < -0.4 is 0 Å². The van der Waals surface area contributed by atoms with Gasteiger partial charge in [0.05, 0.1) is 30.3 Å². The SMILES string of the molecule is C=C(I)[C@H](C)C[C@@H](O)CC[C@@H]1O[C@@H](CCCOC(=O)C(C)(C)C)CC1=C. The molecule has 0 aromatic heterocycles. The minimum atomic E-state index is -0.453. The number of carbonyl (C=O) groups excluding carboxylic acids is 1. The molecule has 26 heavy (non-hydrogen) atoms. The number of carbonyl (C=O) groups is 1. The normalized spacial score (nSPS) is 22.9. The number of halogens is 1. The van der Waals surface area contributed by atoms with Crippen molar-refractivity contribution in [3.63, 3.8) is 0 Å². The van der Waals surface area contributed by atoms with Crippen LogP contribution >= 0.6 is 22.6 Å². The van der Waals surface area contributed by atoms with E-state index in [4.69, 9.17) is 9.47 Å². The monoisotopic (exact) mass is 478 g/mol. The minimum absolute atomic E-state index is 0.0323. The lowest BCUT2D eigenvalue weighted by Gasteiger charge is -2.19. The summed E-state index contributed by atoms with van der Waals surface area (Å²) < 4.78 is 12.5. The Morgan fingerprint density at radius 1 is 1.42 bits per heavy atom. The van der Waals surface area contributed by atoms with Gasteiger partial charge in [-0.25, -0.2) is 0 Å². The maximum atomic E-state index is 11.7. The highest BCUT2D eigenvalue weighted by Gasteiger charge is 2.29. The van der Waals surface area contributed by atoms with E-state index in [0.29, 0.717) is 18.9 Å². The van der Waals surface area contributed by atoms with E-state index >= 15 is 0 Å². The second-order valence-electron chi connectivity index (χ2n) is 8.45. The first-order chi connectivity index (χ1) is 12.0. The van der Waals surface area contributed by atoms with E-state index in [1.807, 2.05) is 20.8 Å². The Kier molecular flexibility index (Phi) is 9.83. The number of rotatable bonds is 10. The van der Waals surface area contributed by atoms with Gasteiger partial charge in [-0.1, -0.05) is 20.1 Å². The fourth-order valence-corrected chi connectivity index (χ4v) is 3.19. The molecule has 0 radical (unpaired) electrons. The van der Waals surface area contributed by atoms with Crippen LogP contribution in [-0.4, -0.2) is 36.0 Å². The van der Waals surface area contributed by atoms with Crippen molar-refractivity contribution < 1.29 is 19.4 Å². The molecule has 0 aromatic carbocycles. The zero-order valence-corrected chi connectivity index (χ0v) is 18.9. The van der Waals surface area contributed by atoms with E-state index in [1.54, 1.807) is 0 Å². The van der Waals surface area contributed by atoms with Crippen LogP contribution in [0.5, 0.6) is 0 Å². The van der Waals surface area contributed by atoms with Crippen LogP contribution in [0.2, 0.25) is 0 Å². The molecule has 1 saturated heterocycles. The van der Waals surface area contributed by atoms with Gasteiger partial charge >= 0.3 is 5.97 Å². The van der Waals surface area contributed by atoms with Gasteiger partial charge < -0.3 is 14.6 Å². The van der Waals surface area contributed by atoms with E-state index in [9.17, 15) is 9.90 Å². The van der Waals surface area contributed by atoms with Crippen molar-refractivity contribution in [2.45, 2.75) is 84.5 Å². The van der Waals surface area contributed by atoms with Crippen molar-refractivity contribution in [2.75, 3.05) is 6.61 Å². The first-order valence-electron chi connectivity index (χ1n) is 9.53. The fraction of sp³-hybridized carbons (Fsp3) is 0.762. The lowest BCUT2D eigenvalue weighted by Crippen LogP contribution is -2.23. The van der Waals surface area contributed by atoms with Crippen LogP contribution in [-0.2, 0) is 14.3 Å². The average molecular weight is 478 g/mol. The predicted molar refractivity (Wildman–Crippen MR) is 114 cm³/mol.